The second-order valence-electron chi connectivity index (χ2n) is 7.92. The molecule has 0 aromatic heterocycles. The van der Waals surface area contributed by atoms with Crippen LogP contribution in [0.1, 0.15) is 16.7 Å². The fourth-order valence-corrected chi connectivity index (χ4v) is 5.23. The van der Waals surface area contributed by atoms with Crippen molar-refractivity contribution >= 4 is 44.8 Å². The summed E-state index contributed by atoms with van der Waals surface area (Å²) in [4.78, 5) is 36.9. The Kier molecular flexibility index (Phi) is 7.32. The Bertz CT molecular complexity index is 1520. The summed E-state index contributed by atoms with van der Waals surface area (Å²) in [5, 5.41) is 10.3. The fraction of sp³-hybridized carbons (Fsp3) is 0.120. The van der Waals surface area contributed by atoms with Crippen LogP contribution in [0.5, 0.6) is 11.5 Å². The van der Waals surface area contributed by atoms with Crippen molar-refractivity contribution in [3.05, 3.63) is 98.4 Å². The third-order valence-corrected chi connectivity index (χ3v) is 7.52. The van der Waals surface area contributed by atoms with E-state index in [1.807, 2.05) is 6.92 Å². The van der Waals surface area contributed by atoms with Gasteiger partial charge in [0.25, 0.3) is 16.8 Å². The molecule has 190 valence electrons. The molecule has 0 atom stereocenters. The number of rotatable bonds is 8. The fourth-order valence-electron chi connectivity index (χ4n) is 3.44. The predicted molar refractivity (Wildman–Crippen MR) is 137 cm³/mol. The second kappa shape index (κ2) is 10.4. The zero-order valence-electron chi connectivity index (χ0n) is 19.6. The van der Waals surface area contributed by atoms with Gasteiger partial charge in [-0.2, -0.15) is 8.42 Å². The van der Waals surface area contributed by atoms with Gasteiger partial charge in [0.05, 0.1) is 23.5 Å². The van der Waals surface area contributed by atoms with E-state index in [2.05, 4.69) is 0 Å². The Balaban J connectivity index is 1.63. The molecule has 1 aliphatic rings. The standard InChI is InChI=1S/C25H20N2O8S2/c1-16-6-12-20(13-7-16)37(32,33)35-23-18(4-3-5-21(23)34-2)14-22-24(28)26(25(29)36-22)15-17-8-10-19(11-9-17)27(30)31/h3-14H,15H2,1-2H3/b22-14-. The molecule has 3 aromatic rings. The van der Waals surface area contributed by atoms with Crippen LogP contribution in [0.15, 0.2) is 76.5 Å². The number of hydrogen-bond donors (Lipinski definition) is 0. The van der Waals surface area contributed by atoms with Crippen LogP contribution in [0.2, 0.25) is 0 Å². The number of thioether (sulfide) groups is 1. The Hall–Kier alpha value is -4.16. The Morgan fingerprint density at radius 1 is 1.03 bits per heavy atom. The molecular formula is C25H20N2O8S2. The van der Waals surface area contributed by atoms with Gasteiger partial charge in [-0.3, -0.25) is 24.6 Å². The van der Waals surface area contributed by atoms with Crippen molar-refractivity contribution in [2.45, 2.75) is 18.4 Å². The molecule has 0 saturated carbocycles. The lowest BCUT2D eigenvalue weighted by Crippen LogP contribution is -2.27. The number of aryl methyl sites for hydroxylation is 1. The van der Waals surface area contributed by atoms with Gasteiger partial charge in [-0.05, 0) is 48.5 Å². The highest BCUT2D eigenvalue weighted by Crippen LogP contribution is 2.39. The average molecular weight is 541 g/mol. The van der Waals surface area contributed by atoms with Gasteiger partial charge in [-0.25, -0.2) is 0 Å². The van der Waals surface area contributed by atoms with E-state index >= 15 is 0 Å². The van der Waals surface area contributed by atoms with Crippen LogP contribution in [-0.2, 0) is 21.5 Å². The van der Waals surface area contributed by atoms with E-state index in [9.17, 15) is 28.1 Å². The Morgan fingerprint density at radius 3 is 2.32 bits per heavy atom. The monoisotopic (exact) mass is 540 g/mol. The van der Waals surface area contributed by atoms with Crippen LogP contribution < -0.4 is 8.92 Å². The highest BCUT2D eigenvalue weighted by Gasteiger charge is 2.35. The first-order valence-electron chi connectivity index (χ1n) is 10.8. The second-order valence-corrected chi connectivity index (χ2v) is 10.5. The van der Waals surface area contributed by atoms with Crippen molar-refractivity contribution < 1.29 is 31.9 Å². The Morgan fingerprint density at radius 2 is 1.70 bits per heavy atom. The highest BCUT2D eigenvalue weighted by molar-refractivity contribution is 8.18. The molecular weight excluding hydrogens is 520 g/mol. The number of nitro groups is 1. The molecule has 1 aliphatic heterocycles. The maximum Gasteiger partial charge on any atom is 0.339 e. The number of methoxy groups -OCH3 is 1. The maximum absolute atomic E-state index is 13.0. The van der Waals surface area contributed by atoms with Gasteiger partial charge in [0, 0.05) is 17.7 Å². The summed E-state index contributed by atoms with van der Waals surface area (Å²) in [6.07, 6.45) is 1.36. The van der Waals surface area contributed by atoms with Crippen LogP contribution >= 0.6 is 11.8 Å². The van der Waals surface area contributed by atoms with Crippen molar-refractivity contribution in [1.82, 2.24) is 4.90 Å². The van der Waals surface area contributed by atoms with Crippen molar-refractivity contribution in [1.29, 1.82) is 0 Å². The van der Waals surface area contributed by atoms with Gasteiger partial charge < -0.3 is 8.92 Å². The lowest BCUT2D eigenvalue weighted by Gasteiger charge is -2.14. The van der Waals surface area contributed by atoms with E-state index in [0.717, 1.165) is 10.5 Å². The number of amides is 2. The number of nitro benzene ring substituents is 1. The van der Waals surface area contributed by atoms with Gasteiger partial charge >= 0.3 is 10.1 Å². The summed E-state index contributed by atoms with van der Waals surface area (Å²) in [7, 11) is -2.88. The molecule has 4 rings (SSSR count). The minimum absolute atomic E-state index is 0.0535. The zero-order chi connectivity index (χ0) is 26.7. The predicted octanol–water partition coefficient (Wildman–Crippen LogP) is 4.92. The minimum Gasteiger partial charge on any atom is -0.493 e. The molecule has 3 aromatic carbocycles. The molecule has 0 bridgehead atoms. The SMILES string of the molecule is COc1cccc(/C=C2\SC(=O)N(Cc3ccc([N+](=O)[O-])cc3)C2=O)c1OS(=O)(=O)c1ccc(C)cc1. The van der Waals surface area contributed by atoms with Crippen molar-refractivity contribution in [2.24, 2.45) is 0 Å². The number of benzene rings is 3. The summed E-state index contributed by atoms with van der Waals surface area (Å²) in [5.74, 6) is -0.606. The number of ether oxygens (including phenoxy) is 1. The molecule has 0 spiro atoms. The molecule has 1 heterocycles. The molecule has 0 aliphatic carbocycles. The van der Waals surface area contributed by atoms with Crippen LogP contribution in [0.25, 0.3) is 6.08 Å². The molecule has 12 heteroatoms. The number of nitrogens with zero attached hydrogens (tertiary/aromatic N) is 2. The summed E-state index contributed by atoms with van der Waals surface area (Å²) < 4.78 is 36.6. The Labute approximate surface area is 216 Å². The number of carbonyl (C=O) groups excluding carboxylic acids is 2. The number of hydrogen-bond acceptors (Lipinski definition) is 9. The zero-order valence-corrected chi connectivity index (χ0v) is 21.2. The van der Waals surface area contributed by atoms with Crippen LogP contribution in [0.3, 0.4) is 0 Å². The summed E-state index contributed by atoms with van der Waals surface area (Å²) >= 11 is 0.687. The number of carbonyl (C=O) groups is 2. The lowest BCUT2D eigenvalue weighted by atomic mass is 10.1. The average Bonchev–Trinajstić information content (AvgIpc) is 3.12. The van der Waals surface area contributed by atoms with Crippen LogP contribution in [0.4, 0.5) is 10.5 Å². The topological polar surface area (TPSA) is 133 Å². The van der Waals surface area contributed by atoms with Crippen molar-refractivity contribution in [2.75, 3.05) is 7.11 Å². The smallest absolute Gasteiger partial charge is 0.339 e. The van der Waals surface area contributed by atoms with E-state index in [1.165, 1.54) is 61.7 Å². The molecule has 37 heavy (non-hydrogen) atoms. The molecule has 2 amide bonds. The minimum atomic E-state index is -4.23. The normalized spacial score (nSPS) is 14.8. The van der Waals surface area contributed by atoms with E-state index in [-0.39, 0.29) is 39.1 Å². The van der Waals surface area contributed by atoms with Gasteiger partial charge in [0.1, 0.15) is 4.90 Å². The van der Waals surface area contributed by atoms with E-state index in [0.29, 0.717) is 17.3 Å². The number of para-hydroxylation sites is 1. The van der Waals surface area contributed by atoms with Crippen molar-refractivity contribution in [3.63, 3.8) is 0 Å². The molecule has 1 fully saturated rings. The maximum atomic E-state index is 13.0. The molecule has 0 unspecified atom stereocenters. The van der Waals surface area contributed by atoms with Crippen LogP contribution in [0, 0.1) is 17.0 Å². The number of non-ortho nitro benzene ring substituents is 1. The quantitative estimate of drug-likeness (QED) is 0.169. The van der Waals surface area contributed by atoms with Gasteiger partial charge in [0.15, 0.2) is 11.5 Å². The van der Waals surface area contributed by atoms with E-state index in [4.69, 9.17) is 8.92 Å². The van der Waals surface area contributed by atoms with E-state index < -0.39 is 26.2 Å². The van der Waals surface area contributed by atoms with Gasteiger partial charge in [-0.1, -0.05) is 42.0 Å². The molecule has 10 nitrogen and oxygen atoms in total. The van der Waals surface area contributed by atoms with Gasteiger partial charge in [-0.15, -0.1) is 0 Å². The van der Waals surface area contributed by atoms with Crippen LogP contribution in [-0.4, -0.2) is 36.5 Å². The third-order valence-electron chi connectivity index (χ3n) is 5.38. The largest absolute Gasteiger partial charge is 0.493 e. The molecule has 0 radical (unpaired) electrons. The third kappa shape index (κ3) is 5.65. The highest BCUT2D eigenvalue weighted by atomic mass is 32.2. The van der Waals surface area contributed by atoms with Crippen molar-refractivity contribution in [3.8, 4) is 11.5 Å². The first-order chi connectivity index (χ1) is 17.6. The van der Waals surface area contributed by atoms with E-state index in [1.54, 1.807) is 18.2 Å². The van der Waals surface area contributed by atoms with Gasteiger partial charge in [0.2, 0.25) is 0 Å². The lowest BCUT2D eigenvalue weighted by molar-refractivity contribution is -0.384. The summed E-state index contributed by atoms with van der Waals surface area (Å²) in [5.41, 5.74) is 1.52. The first kappa shape index (κ1) is 25.9. The summed E-state index contributed by atoms with van der Waals surface area (Å²) in [6.45, 7) is 1.74. The summed E-state index contributed by atoms with van der Waals surface area (Å²) in [6, 6.07) is 16.3. The number of imide groups is 1. The molecule has 1 saturated heterocycles. The molecule has 0 N–H and O–H groups in total. The first-order valence-corrected chi connectivity index (χ1v) is 13.0.